The highest BCUT2D eigenvalue weighted by atomic mass is 32.2. The van der Waals surface area contributed by atoms with Gasteiger partial charge in [0.1, 0.15) is 0 Å². The van der Waals surface area contributed by atoms with Crippen molar-refractivity contribution in [2.75, 3.05) is 7.11 Å². The average Bonchev–Trinajstić information content (AvgIpc) is 2.35. The topological polar surface area (TPSA) is 67.9 Å². The molecule has 0 aromatic carbocycles. The van der Waals surface area contributed by atoms with Crippen molar-refractivity contribution >= 4 is 11.8 Å². The molecule has 2 aromatic rings. The molecule has 2 heterocycles. The average molecular weight is 277 g/mol. The van der Waals surface area contributed by atoms with Gasteiger partial charge in [0.15, 0.2) is 10.9 Å². The monoisotopic (exact) mass is 277 g/mol. The standard InChI is InChI=1S/C13H15N3O2S/c1-8-4-9(2)16-13(15-8)19-7-10-5-11(17)12(18-3)6-14-10/h4-6H,7H2,1-3H3,(H,14,17). The van der Waals surface area contributed by atoms with Crippen LogP contribution in [0, 0.1) is 13.8 Å². The van der Waals surface area contributed by atoms with Crippen molar-refractivity contribution in [3.8, 4) is 5.75 Å². The molecule has 0 spiro atoms. The van der Waals surface area contributed by atoms with E-state index in [0.29, 0.717) is 16.7 Å². The first-order valence-electron chi connectivity index (χ1n) is 5.79. The van der Waals surface area contributed by atoms with E-state index in [4.69, 9.17) is 4.74 Å². The number of thioether (sulfide) groups is 1. The Labute approximate surface area is 115 Å². The molecule has 0 saturated heterocycles. The maximum Gasteiger partial charge on any atom is 0.223 e. The fourth-order valence-corrected chi connectivity index (χ4v) is 2.51. The molecule has 0 bridgehead atoms. The number of pyridine rings is 1. The quantitative estimate of drug-likeness (QED) is 0.684. The molecule has 0 aliphatic heterocycles. The van der Waals surface area contributed by atoms with Crippen molar-refractivity contribution in [1.82, 2.24) is 15.0 Å². The van der Waals surface area contributed by atoms with Crippen LogP contribution in [0.2, 0.25) is 0 Å². The number of aromatic nitrogens is 3. The van der Waals surface area contributed by atoms with E-state index >= 15 is 0 Å². The van der Waals surface area contributed by atoms with Crippen LogP contribution in [-0.2, 0) is 5.75 Å². The summed E-state index contributed by atoms with van der Waals surface area (Å²) in [5.41, 5.74) is 2.58. The first-order chi connectivity index (χ1) is 9.08. The van der Waals surface area contributed by atoms with Gasteiger partial charge in [-0.3, -0.25) is 4.79 Å². The molecule has 0 aliphatic rings. The molecule has 0 atom stereocenters. The van der Waals surface area contributed by atoms with E-state index < -0.39 is 0 Å². The molecule has 6 heteroatoms. The van der Waals surface area contributed by atoms with E-state index in [-0.39, 0.29) is 5.43 Å². The van der Waals surface area contributed by atoms with Gasteiger partial charge in [-0.15, -0.1) is 0 Å². The lowest BCUT2D eigenvalue weighted by Gasteiger charge is -2.04. The Morgan fingerprint density at radius 3 is 2.53 bits per heavy atom. The zero-order chi connectivity index (χ0) is 13.8. The smallest absolute Gasteiger partial charge is 0.223 e. The van der Waals surface area contributed by atoms with Crippen molar-refractivity contribution in [2.24, 2.45) is 0 Å². The summed E-state index contributed by atoms with van der Waals surface area (Å²) in [6, 6.07) is 3.47. The van der Waals surface area contributed by atoms with Crippen molar-refractivity contribution in [2.45, 2.75) is 24.8 Å². The molecule has 0 saturated carbocycles. The highest BCUT2D eigenvalue weighted by molar-refractivity contribution is 7.98. The van der Waals surface area contributed by atoms with Gasteiger partial charge < -0.3 is 9.72 Å². The van der Waals surface area contributed by atoms with Crippen LogP contribution in [0.4, 0.5) is 0 Å². The third kappa shape index (κ3) is 3.57. The molecule has 1 N–H and O–H groups in total. The predicted molar refractivity (Wildman–Crippen MR) is 74.7 cm³/mol. The van der Waals surface area contributed by atoms with E-state index in [0.717, 1.165) is 17.1 Å². The van der Waals surface area contributed by atoms with Crippen LogP contribution in [0.3, 0.4) is 0 Å². The minimum absolute atomic E-state index is 0.127. The van der Waals surface area contributed by atoms with E-state index in [1.165, 1.54) is 24.9 Å². The lowest BCUT2D eigenvalue weighted by atomic mass is 10.3. The Morgan fingerprint density at radius 2 is 1.95 bits per heavy atom. The Balaban J connectivity index is 2.10. The highest BCUT2D eigenvalue weighted by Gasteiger charge is 2.04. The number of hydrogen-bond donors (Lipinski definition) is 1. The molecule has 0 radical (unpaired) electrons. The maximum absolute atomic E-state index is 11.6. The first kappa shape index (κ1) is 13.6. The number of nitrogens with zero attached hydrogens (tertiary/aromatic N) is 2. The molecule has 5 nitrogen and oxygen atoms in total. The lowest BCUT2D eigenvalue weighted by Crippen LogP contribution is -2.06. The van der Waals surface area contributed by atoms with Gasteiger partial charge in [0.2, 0.25) is 5.43 Å². The zero-order valence-electron chi connectivity index (χ0n) is 11.1. The molecular formula is C13H15N3O2S. The van der Waals surface area contributed by atoms with Gasteiger partial charge in [-0.2, -0.15) is 0 Å². The van der Waals surface area contributed by atoms with Crippen molar-refractivity contribution in [3.05, 3.63) is 45.6 Å². The van der Waals surface area contributed by atoms with E-state index in [1.807, 2.05) is 19.9 Å². The Kier molecular flexibility index (Phi) is 4.21. The van der Waals surface area contributed by atoms with Gasteiger partial charge in [-0.1, -0.05) is 11.8 Å². The molecule has 0 amide bonds. The Morgan fingerprint density at radius 1 is 1.26 bits per heavy atom. The number of hydrogen-bond acceptors (Lipinski definition) is 5. The molecule has 0 unspecified atom stereocenters. The van der Waals surface area contributed by atoms with E-state index in [9.17, 15) is 4.79 Å². The number of methoxy groups -OCH3 is 1. The number of rotatable bonds is 4. The summed E-state index contributed by atoms with van der Waals surface area (Å²) < 4.78 is 4.92. The van der Waals surface area contributed by atoms with Gasteiger partial charge in [0, 0.05) is 35.1 Å². The summed E-state index contributed by atoms with van der Waals surface area (Å²) in [7, 11) is 1.47. The zero-order valence-corrected chi connectivity index (χ0v) is 11.9. The Bertz CT molecular complexity index is 620. The largest absolute Gasteiger partial charge is 0.491 e. The van der Waals surface area contributed by atoms with E-state index in [2.05, 4.69) is 15.0 Å². The summed E-state index contributed by atoms with van der Waals surface area (Å²) in [5, 5.41) is 0.717. The molecule has 19 heavy (non-hydrogen) atoms. The second-order valence-electron chi connectivity index (χ2n) is 4.11. The second-order valence-corrected chi connectivity index (χ2v) is 5.06. The minimum Gasteiger partial charge on any atom is -0.491 e. The normalized spacial score (nSPS) is 10.5. The van der Waals surface area contributed by atoms with Crippen LogP contribution >= 0.6 is 11.8 Å². The first-order valence-corrected chi connectivity index (χ1v) is 6.77. The van der Waals surface area contributed by atoms with Gasteiger partial charge in [0.25, 0.3) is 0 Å². The summed E-state index contributed by atoms with van der Waals surface area (Å²) in [5.74, 6) is 0.929. The Hall–Kier alpha value is -1.82. The van der Waals surface area contributed by atoms with Gasteiger partial charge in [-0.05, 0) is 19.9 Å². The minimum atomic E-state index is -0.127. The molecule has 0 aliphatic carbocycles. The van der Waals surface area contributed by atoms with Gasteiger partial charge in [-0.25, -0.2) is 9.97 Å². The van der Waals surface area contributed by atoms with E-state index in [1.54, 1.807) is 6.20 Å². The number of aryl methyl sites for hydroxylation is 2. The molecule has 2 rings (SSSR count). The van der Waals surface area contributed by atoms with Gasteiger partial charge >= 0.3 is 0 Å². The van der Waals surface area contributed by atoms with Crippen molar-refractivity contribution in [3.63, 3.8) is 0 Å². The summed E-state index contributed by atoms with van der Waals surface area (Å²) >= 11 is 1.49. The maximum atomic E-state index is 11.6. The van der Waals surface area contributed by atoms with Crippen molar-refractivity contribution < 1.29 is 4.74 Å². The summed E-state index contributed by atoms with van der Waals surface area (Å²) in [6.07, 6.45) is 1.57. The molecular weight excluding hydrogens is 262 g/mol. The van der Waals surface area contributed by atoms with Gasteiger partial charge in [0.05, 0.1) is 7.11 Å². The fourth-order valence-electron chi connectivity index (χ4n) is 1.64. The number of aromatic amines is 1. The molecule has 2 aromatic heterocycles. The van der Waals surface area contributed by atoms with Crippen LogP contribution in [0.25, 0.3) is 0 Å². The third-order valence-corrected chi connectivity index (χ3v) is 3.37. The van der Waals surface area contributed by atoms with Crippen LogP contribution in [0.1, 0.15) is 17.1 Å². The highest BCUT2D eigenvalue weighted by Crippen LogP contribution is 2.18. The van der Waals surface area contributed by atoms with Crippen LogP contribution in [0.15, 0.2) is 28.3 Å². The van der Waals surface area contributed by atoms with Crippen LogP contribution < -0.4 is 10.2 Å². The second kappa shape index (κ2) is 5.88. The molecule has 0 fully saturated rings. The van der Waals surface area contributed by atoms with Crippen LogP contribution in [-0.4, -0.2) is 22.1 Å². The fraction of sp³-hybridized carbons (Fsp3) is 0.308. The SMILES string of the molecule is COc1c[nH]c(CSc2nc(C)cc(C)n2)cc1=O. The predicted octanol–water partition coefficient (Wildman–Crippen LogP) is 2.08. The number of H-pyrrole nitrogens is 1. The summed E-state index contributed by atoms with van der Waals surface area (Å²) in [6.45, 7) is 3.88. The third-order valence-electron chi connectivity index (χ3n) is 2.48. The van der Waals surface area contributed by atoms with Crippen LogP contribution in [0.5, 0.6) is 5.75 Å². The molecule has 100 valence electrons. The number of nitrogens with one attached hydrogen (secondary N) is 1. The number of ether oxygens (including phenoxy) is 1. The summed E-state index contributed by atoms with van der Waals surface area (Å²) in [4.78, 5) is 23.3. The van der Waals surface area contributed by atoms with Crippen molar-refractivity contribution in [1.29, 1.82) is 0 Å². The lowest BCUT2D eigenvalue weighted by molar-refractivity contribution is 0.408.